The fourth-order valence-electron chi connectivity index (χ4n) is 7.34. The number of nitrogens with one attached hydrogen (secondary N) is 2. The van der Waals surface area contributed by atoms with E-state index in [0.717, 1.165) is 32.1 Å². The van der Waals surface area contributed by atoms with Crippen molar-refractivity contribution in [1.82, 2.24) is 35.2 Å². The maximum Gasteiger partial charge on any atom is 0.313 e. The number of fused-ring (bicyclic) bond motifs is 1. The number of carbonyl (C=O) groups excluding carboxylic acids is 5. The van der Waals surface area contributed by atoms with E-state index < -0.39 is 52.6 Å². The number of Topliss-reactive ketones (excluding diaryl/α,β-unsaturated/α-hetero) is 1. The van der Waals surface area contributed by atoms with Crippen LogP contribution in [0.3, 0.4) is 0 Å². The Bertz CT molecular complexity index is 1780. The molecule has 16 nitrogen and oxygen atoms in total. The van der Waals surface area contributed by atoms with Gasteiger partial charge in [0.15, 0.2) is 5.82 Å². The van der Waals surface area contributed by atoms with Gasteiger partial charge in [-0.15, -0.1) is 5.10 Å². The molecule has 1 aromatic carbocycles. The number of benzene rings is 1. The lowest BCUT2D eigenvalue weighted by Crippen LogP contribution is -2.63. The van der Waals surface area contributed by atoms with Crippen LogP contribution in [-0.4, -0.2) is 101 Å². The molecule has 2 aromatic heterocycles. The van der Waals surface area contributed by atoms with E-state index in [1.54, 1.807) is 32.0 Å². The summed E-state index contributed by atoms with van der Waals surface area (Å²) in [5.74, 6) is -4.05. The number of rotatable bonds is 10. The SMILES string of the molecule is CC(C)(O)c1cnnn1[C@H]1C[C@@H](C(=O)NC2(C(=O)C(N)=O)CCOCC2)N(C(=O)/C(CC2CCCCC2)=N/C(=O)c2nc3ccccc3[nH]2)C1. The Hall–Kier alpha value is -4.83. The number of aliphatic hydroxyl groups is 1. The fourth-order valence-corrected chi connectivity index (χ4v) is 7.34. The van der Waals surface area contributed by atoms with Gasteiger partial charge in [-0.1, -0.05) is 49.5 Å². The Labute approximate surface area is 288 Å². The Morgan fingerprint density at radius 2 is 1.84 bits per heavy atom. The molecule has 1 aliphatic carbocycles. The smallest absolute Gasteiger partial charge is 0.313 e. The number of aromatic nitrogens is 5. The van der Waals surface area contributed by atoms with Gasteiger partial charge in [-0.2, -0.15) is 0 Å². The first-order chi connectivity index (χ1) is 23.9. The van der Waals surface area contributed by atoms with Crippen molar-refractivity contribution in [1.29, 1.82) is 0 Å². The Kier molecular flexibility index (Phi) is 9.94. The number of ketones is 1. The Morgan fingerprint density at radius 3 is 2.52 bits per heavy atom. The van der Waals surface area contributed by atoms with Gasteiger partial charge in [-0.25, -0.2) is 14.7 Å². The van der Waals surface area contributed by atoms with Gasteiger partial charge < -0.3 is 30.8 Å². The minimum atomic E-state index is -1.60. The normalized spacial score (nSPS) is 21.7. The van der Waals surface area contributed by atoms with Crippen LogP contribution < -0.4 is 11.1 Å². The lowest BCUT2D eigenvalue weighted by Gasteiger charge is -2.37. The monoisotopic (exact) mass is 689 g/mol. The number of hydrogen-bond donors (Lipinski definition) is 4. The van der Waals surface area contributed by atoms with E-state index >= 15 is 0 Å². The number of hydrogen-bond acceptors (Lipinski definition) is 10. The highest BCUT2D eigenvalue weighted by molar-refractivity contribution is 6.41. The largest absolute Gasteiger partial charge is 0.384 e. The van der Waals surface area contributed by atoms with Gasteiger partial charge in [0.1, 0.15) is 22.9 Å². The van der Waals surface area contributed by atoms with Crippen LogP contribution in [0.1, 0.15) is 94.0 Å². The number of H-pyrrole nitrogens is 1. The second-order valence-corrected chi connectivity index (χ2v) is 14.0. The van der Waals surface area contributed by atoms with E-state index in [-0.39, 0.29) is 62.9 Å². The highest BCUT2D eigenvalue weighted by Crippen LogP contribution is 2.34. The highest BCUT2D eigenvalue weighted by Gasteiger charge is 2.49. The number of imidazole rings is 1. The Morgan fingerprint density at radius 1 is 1.12 bits per heavy atom. The first-order valence-corrected chi connectivity index (χ1v) is 17.1. The first kappa shape index (κ1) is 35.0. The van der Waals surface area contributed by atoms with E-state index in [1.807, 2.05) is 6.07 Å². The van der Waals surface area contributed by atoms with Crippen molar-refractivity contribution in [3.05, 3.63) is 42.0 Å². The fraction of sp³-hybridized carbons (Fsp3) is 0.559. The molecule has 2 aliphatic heterocycles. The summed E-state index contributed by atoms with van der Waals surface area (Å²) >= 11 is 0. The second-order valence-electron chi connectivity index (χ2n) is 14.0. The maximum absolute atomic E-state index is 14.7. The summed E-state index contributed by atoms with van der Waals surface area (Å²) in [5, 5.41) is 21.8. The molecule has 3 aromatic rings. The van der Waals surface area contributed by atoms with Gasteiger partial charge in [0.25, 0.3) is 11.8 Å². The van der Waals surface area contributed by atoms with Crippen LogP contribution in [0.15, 0.2) is 35.5 Å². The van der Waals surface area contributed by atoms with Gasteiger partial charge in [-0.3, -0.25) is 24.0 Å². The predicted molar refractivity (Wildman–Crippen MR) is 179 cm³/mol. The number of aliphatic imine (C=N–C) groups is 1. The van der Waals surface area contributed by atoms with Crippen molar-refractivity contribution < 1.29 is 33.8 Å². The molecule has 3 aliphatic rings. The van der Waals surface area contributed by atoms with Crippen LogP contribution >= 0.6 is 0 Å². The third-order valence-corrected chi connectivity index (χ3v) is 10.0. The van der Waals surface area contributed by atoms with E-state index in [0.29, 0.717) is 16.7 Å². The summed E-state index contributed by atoms with van der Waals surface area (Å²) in [6.45, 7) is 3.35. The lowest BCUT2D eigenvalue weighted by atomic mass is 9.84. The summed E-state index contributed by atoms with van der Waals surface area (Å²) < 4.78 is 6.90. The zero-order valence-electron chi connectivity index (χ0n) is 28.3. The van der Waals surface area contributed by atoms with Crippen LogP contribution in [0.4, 0.5) is 0 Å². The molecule has 5 N–H and O–H groups in total. The number of aromatic amines is 1. The summed E-state index contributed by atoms with van der Waals surface area (Å²) in [5.41, 5.74) is 4.05. The number of nitrogens with two attached hydrogens (primary N) is 1. The van der Waals surface area contributed by atoms with Crippen molar-refractivity contribution in [2.45, 2.75) is 94.9 Å². The van der Waals surface area contributed by atoms with Crippen LogP contribution in [-0.2, 0) is 29.5 Å². The molecule has 2 saturated heterocycles. The van der Waals surface area contributed by atoms with Crippen molar-refractivity contribution in [3.63, 3.8) is 0 Å². The van der Waals surface area contributed by atoms with Gasteiger partial charge in [-0.05, 0) is 38.3 Å². The summed E-state index contributed by atoms with van der Waals surface area (Å²) in [4.78, 5) is 80.7. The summed E-state index contributed by atoms with van der Waals surface area (Å²) in [7, 11) is 0. The van der Waals surface area contributed by atoms with Gasteiger partial charge in [0.05, 0.1) is 29.0 Å². The van der Waals surface area contributed by atoms with Crippen LogP contribution in [0.5, 0.6) is 0 Å². The van der Waals surface area contributed by atoms with Gasteiger partial charge in [0.2, 0.25) is 11.7 Å². The second kappa shape index (κ2) is 14.2. The van der Waals surface area contributed by atoms with Crippen molar-refractivity contribution in [2.75, 3.05) is 19.8 Å². The summed E-state index contributed by atoms with van der Waals surface area (Å²) in [6, 6.07) is 5.38. The number of ether oxygens (including phenoxy) is 1. The van der Waals surface area contributed by atoms with E-state index in [1.165, 1.54) is 15.8 Å². The molecule has 0 bridgehead atoms. The third-order valence-electron chi connectivity index (χ3n) is 10.0. The average molecular weight is 690 g/mol. The molecule has 266 valence electrons. The predicted octanol–water partition coefficient (Wildman–Crippen LogP) is 1.50. The van der Waals surface area contributed by atoms with Crippen LogP contribution in [0.25, 0.3) is 11.0 Å². The molecule has 4 amide bonds. The standard InChI is InChI=1S/C34H43N9O7/c1-33(2,49)26-18-36-41-43(26)21-17-25(30(46)40-34(27(44)28(35)45)12-14-50-15-13-34)42(19-21)32(48)24(16-20-8-4-3-5-9-20)39-31(47)29-37-22-10-6-7-11-23(22)38-29/h6-7,10-11,18,20-21,25,49H,3-5,8-9,12-17,19H2,1-2H3,(H2,35,45)(H,37,38)(H,40,46)/b39-24+/t21-,25-/m0/s1. The molecule has 1 saturated carbocycles. The molecule has 6 rings (SSSR count). The van der Waals surface area contributed by atoms with Crippen molar-refractivity contribution >= 4 is 46.2 Å². The molecule has 0 unspecified atom stereocenters. The third kappa shape index (κ3) is 7.21. The van der Waals surface area contributed by atoms with Crippen molar-refractivity contribution in [2.24, 2.45) is 16.6 Å². The molecule has 2 atom stereocenters. The van der Waals surface area contributed by atoms with Gasteiger partial charge >= 0.3 is 5.91 Å². The zero-order chi connectivity index (χ0) is 35.6. The van der Waals surface area contributed by atoms with E-state index in [4.69, 9.17) is 10.5 Å². The molecular weight excluding hydrogens is 646 g/mol. The van der Waals surface area contributed by atoms with Crippen LogP contribution in [0.2, 0.25) is 0 Å². The first-order valence-electron chi connectivity index (χ1n) is 17.1. The number of likely N-dealkylation sites (tertiary alicyclic amines) is 1. The molecule has 4 heterocycles. The zero-order valence-corrected chi connectivity index (χ0v) is 28.3. The number of primary amides is 1. The summed E-state index contributed by atoms with van der Waals surface area (Å²) in [6.07, 6.45) is 6.53. The van der Waals surface area contributed by atoms with E-state index in [2.05, 4.69) is 30.6 Å². The lowest BCUT2D eigenvalue weighted by molar-refractivity contribution is -0.146. The quantitative estimate of drug-likeness (QED) is 0.177. The molecule has 0 radical (unpaired) electrons. The molecule has 16 heteroatoms. The minimum absolute atomic E-state index is 0.00361. The van der Waals surface area contributed by atoms with Gasteiger partial charge in [0, 0.05) is 39.0 Å². The maximum atomic E-state index is 14.7. The molecular formula is C34H43N9O7. The van der Waals surface area contributed by atoms with Crippen molar-refractivity contribution in [3.8, 4) is 0 Å². The van der Waals surface area contributed by atoms with Crippen LogP contribution in [0, 0.1) is 5.92 Å². The molecule has 3 fully saturated rings. The highest BCUT2D eigenvalue weighted by atomic mass is 16.5. The number of amides is 4. The number of nitrogens with zero attached hydrogens (tertiary/aromatic N) is 6. The topological polar surface area (TPSA) is 228 Å². The Balaban J connectivity index is 1.37. The molecule has 50 heavy (non-hydrogen) atoms. The molecule has 0 spiro atoms. The minimum Gasteiger partial charge on any atom is -0.384 e. The number of para-hydroxylation sites is 2. The number of carbonyl (C=O) groups is 5. The van der Waals surface area contributed by atoms with E-state index in [9.17, 15) is 29.1 Å². The average Bonchev–Trinajstić information content (AvgIpc) is 3.86.